The lowest BCUT2D eigenvalue weighted by Gasteiger charge is -1.90. The second kappa shape index (κ2) is 3.62. The van der Waals surface area contributed by atoms with Crippen molar-refractivity contribution in [2.75, 3.05) is 0 Å². The summed E-state index contributed by atoms with van der Waals surface area (Å²) in [5, 5.41) is 2.09. The monoisotopic (exact) mass is 290 g/mol. The SMILES string of the molecule is Ic1ccc(Cc2cccs2)o1. The first-order chi connectivity index (χ1) is 5.84. The zero-order chi connectivity index (χ0) is 8.39. The molecule has 0 bridgehead atoms. The van der Waals surface area contributed by atoms with Crippen molar-refractivity contribution in [3.8, 4) is 0 Å². The van der Waals surface area contributed by atoms with Gasteiger partial charge in [0.15, 0.2) is 3.77 Å². The standard InChI is InChI=1S/C9H7IOS/c10-9-4-3-7(11-9)6-8-2-1-5-12-8/h1-5H,6H2. The maximum atomic E-state index is 5.45. The van der Waals surface area contributed by atoms with E-state index in [4.69, 9.17) is 4.42 Å². The molecule has 0 aliphatic heterocycles. The van der Waals surface area contributed by atoms with E-state index in [-0.39, 0.29) is 0 Å². The van der Waals surface area contributed by atoms with Gasteiger partial charge in [0, 0.05) is 11.3 Å². The summed E-state index contributed by atoms with van der Waals surface area (Å²) in [5.41, 5.74) is 0. The van der Waals surface area contributed by atoms with Crippen LogP contribution in [0.1, 0.15) is 10.6 Å². The number of halogens is 1. The highest BCUT2D eigenvalue weighted by molar-refractivity contribution is 14.1. The van der Waals surface area contributed by atoms with Gasteiger partial charge in [0.05, 0.1) is 0 Å². The predicted molar refractivity (Wildman–Crippen MR) is 58.6 cm³/mol. The van der Waals surface area contributed by atoms with Gasteiger partial charge in [0.25, 0.3) is 0 Å². The molecule has 0 radical (unpaired) electrons. The Morgan fingerprint density at radius 1 is 1.33 bits per heavy atom. The largest absolute Gasteiger partial charge is 0.455 e. The summed E-state index contributed by atoms with van der Waals surface area (Å²) in [4.78, 5) is 1.35. The minimum Gasteiger partial charge on any atom is -0.455 e. The van der Waals surface area contributed by atoms with Gasteiger partial charge in [-0.25, -0.2) is 0 Å². The van der Waals surface area contributed by atoms with Crippen LogP contribution in [-0.4, -0.2) is 0 Å². The Morgan fingerprint density at radius 2 is 2.25 bits per heavy atom. The fourth-order valence-corrected chi connectivity index (χ4v) is 2.21. The number of rotatable bonds is 2. The highest BCUT2D eigenvalue weighted by atomic mass is 127. The number of hydrogen-bond acceptors (Lipinski definition) is 2. The van der Waals surface area contributed by atoms with E-state index in [9.17, 15) is 0 Å². The van der Waals surface area contributed by atoms with Crippen LogP contribution in [0.5, 0.6) is 0 Å². The normalized spacial score (nSPS) is 10.4. The van der Waals surface area contributed by atoms with Crippen molar-refractivity contribution in [1.82, 2.24) is 0 Å². The van der Waals surface area contributed by atoms with Gasteiger partial charge in [0.2, 0.25) is 0 Å². The molecule has 0 atom stereocenters. The van der Waals surface area contributed by atoms with E-state index in [1.165, 1.54) is 4.88 Å². The molecule has 0 aliphatic carbocycles. The van der Waals surface area contributed by atoms with Gasteiger partial charge in [-0.1, -0.05) is 6.07 Å². The molecule has 0 saturated carbocycles. The third-order valence-corrected chi connectivity index (χ3v) is 3.01. The zero-order valence-corrected chi connectivity index (χ0v) is 9.26. The maximum Gasteiger partial charge on any atom is 0.163 e. The van der Waals surface area contributed by atoms with Gasteiger partial charge < -0.3 is 4.42 Å². The molecule has 2 rings (SSSR count). The molecule has 0 fully saturated rings. The average molecular weight is 290 g/mol. The lowest BCUT2D eigenvalue weighted by Crippen LogP contribution is -1.78. The first kappa shape index (κ1) is 8.31. The van der Waals surface area contributed by atoms with Crippen LogP contribution in [0.3, 0.4) is 0 Å². The summed E-state index contributed by atoms with van der Waals surface area (Å²) in [6.07, 6.45) is 0.917. The molecule has 1 nitrogen and oxygen atoms in total. The van der Waals surface area contributed by atoms with Crippen molar-refractivity contribution < 1.29 is 4.42 Å². The highest BCUT2D eigenvalue weighted by Crippen LogP contribution is 2.17. The molecule has 0 unspecified atom stereocenters. The molecule has 2 aromatic rings. The third-order valence-electron chi connectivity index (χ3n) is 1.56. The predicted octanol–water partition coefficient (Wildman–Crippen LogP) is 3.54. The molecule has 0 amide bonds. The van der Waals surface area contributed by atoms with Gasteiger partial charge in [-0.15, -0.1) is 11.3 Å². The molecule has 0 spiro atoms. The van der Waals surface area contributed by atoms with Crippen LogP contribution in [-0.2, 0) is 6.42 Å². The molecular formula is C9H7IOS. The van der Waals surface area contributed by atoms with Crippen LogP contribution in [0.25, 0.3) is 0 Å². The van der Waals surface area contributed by atoms with Crippen molar-refractivity contribution in [2.45, 2.75) is 6.42 Å². The zero-order valence-electron chi connectivity index (χ0n) is 6.29. The van der Waals surface area contributed by atoms with Crippen LogP contribution in [0.4, 0.5) is 0 Å². The summed E-state index contributed by atoms with van der Waals surface area (Å²) in [5.74, 6) is 1.04. The van der Waals surface area contributed by atoms with Gasteiger partial charge in [0.1, 0.15) is 5.76 Å². The first-order valence-electron chi connectivity index (χ1n) is 3.61. The van der Waals surface area contributed by atoms with Gasteiger partial charge in [-0.05, 0) is 46.2 Å². The molecule has 2 heterocycles. The van der Waals surface area contributed by atoms with Crippen molar-refractivity contribution in [3.05, 3.63) is 44.0 Å². The smallest absolute Gasteiger partial charge is 0.163 e. The van der Waals surface area contributed by atoms with E-state index >= 15 is 0 Å². The Hall–Kier alpha value is -0.290. The van der Waals surface area contributed by atoms with Crippen LogP contribution in [0.15, 0.2) is 34.1 Å². The van der Waals surface area contributed by atoms with Crippen molar-refractivity contribution in [2.24, 2.45) is 0 Å². The van der Waals surface area contributed by atoms with Crippen molar-refractivity contribution in [1.29, 1.82) is 0 Å². The summed E-state index contributed by atoms with van der Waals surface area (Å²) in [6, 6.07) is 8.21. The molecule has 62 valence electrons. The first-order valence-corrected chi connectivity index (χ1v) is 5.57. The second-order valence-corrected chi connectivity index (χ2v) is 4.56. The Kier molecular flexibility index (Phi) is 2.51. The van der Waals surface area contributed by atoms with Crippen LogP contribution < -0.4 is 0 Å². The van der Waals surface area contributed by atoms with Crippen LogP contribution in [0.2, 0.25) is 0 Å². The van der Waals surface area contributed by atoms with E-state index in [1.807, 2.05) is 12.1 Å². The quantitative estimate of drug-likeness (QED) is 0.771. The second-order valence-electron chi connectivity index (χ2n) is 2.46. The molecule has 2 aromatic heterocycles. The molecule has 0 N–H and O–H groups in total. The molecule has 12 heavy (non-hydrogen) atoms. The number of hydrogen-bond donors (Lipinski definition) is 0. The summed E-state index contributed by atoms with van der Waals surface area (Å²) in [7, 11) is 0. The number of furan rings is 1. The van der Waals surface area contributed by atoms with Gasteiger partial charge in [-0.3, -0.25) is 0 Å². The average Bonchev–Trinajstić information content (AvgIpc) is 2.63. The third kappa shape index (κ3) is 1.90. The highest BCUT2D eigenvalue weighted by Gasteiger charge is 2.00. The van der Waals surface area contributed by atoms with Crippen LogP contribution in [0, 0.1) is 3.77 Å². The Bertz CT molecular complexity index is 350. The van der Waals surface area contributed by atoms with Gasteiger partial charge in [-0.2, -0.15) is 0 Å². The Morgan fingerprint density at radius 3 is 2.83 bits per heavy atom. The Balaban J connectivity index is 2.14. The van der Waals surface area contributed by atoms with Crippen molar-refractivity contribution in [3.63, 3.8) is 0 Å². The molecule has 0 saturated heterocycles. The fraction of sp³-hybridized carbons (Fsp3) is 0.111. The van der Waals surface area contributed by atoms with Crippen LogP contribution >= 0.6 is 33.9 Å². The summed E-state index contributed by atoms with van der Waals surface area (Å²) >= 11 is 3.94. The molecular weight excluding hydrogens is 283 g/mol. The molecule has 0 aliphatic rings. The molecule has 3 heteroatoms. The molecule has 0 aromatic carbocycles. The number of thiophene rings is 1. The minimum absolute atomic E-state index is 0.917. The summed E-state index contributed by atoms with van der Waals surface area (Å²) < 4.78 is 6.41. The Labute approximate surface area is 88.5 Å². The lowest BCUT2D eigenvalue weighted by molar-refractivity contribution is 0.496. The van der Waals surface area contributed by atoms with E-state index in [0.717, 1.165) is 15.9 Å². The van der Waals surface area contributed by atoms with E-state index in [2.05, 4.69) is 40.1 Å². The van der Waals surface area contributed by atoms with E-state index in [0.29, 0.717) is 0 Å². The topological polar surface area (TPSA) is 13.1 Å². The summed E-state index contributed by atoms with van der Waals surface area (Å²) in [6.45, 7) is 0. The minimum atomic E-state index is 0.917. The maximum absolute atomic E-state index is 5.45. The van der Waals surface area contributed by atoms with E-state index in [1.54, 1.807) is 11.3 Å². The lowest BCUT2D eigenvalue weighted by atomic mass is 10.3. The van der Waals surface area contributed by atoms with Gasteiger partial charge >= 0.3 is 0 Å². The van der Waals surface area contributed by atoms with Crippen molar-refractivity contribution >= 4 is 33.9 Å². The van der Waals surface area contributed by atoms with E-state index < -0.39 is 0 Å². The fourth-order valence-electron chi connectivity index (χ4n) is 1.03.